The van der Waals surface area contributed by atoms with Crippen molar-refractivity contribution < 1.29 is 13.9 Å². The van der Waals surface area contributed by atoms with Crippen molar-refractivity contribution in [3.05, 3.63) is 54.0 Å². The predicted molar refractivity (Wildman–Crippen MR) is 137 cm³/mol. The first-order valence-corrected chi connectivity index (χ1v) is 12.2. The number of benzene rings is 2. The number of nitrogens with one attached hydrogen (secondary N) is 3. The lowest BCUT2D eigenvalue weighted by Crippen LogP contribution is -2.41. The number of halogens is 1. The molecule has 0 atom stereocenters. The molecular weight excluding hydrogens is 445 g/mol. The molecule has 0 spiro atoms. The molecule has 3 N–H and O–H groups in total. The van der Waals surface area contributed by atoms with E-state index in [-0.39, 0.29) is 24.0 Å². The molecule has 7 nitrogen and oxygen atoms in total. The summed E-state index contributed by atoms with van der Waals surface area (Å²) < 4.78 is 21.7. The van der Waals surface area contributed by atoms with Crippen LogP contribution < -0.4 is 10.6 Å². The average molecular weight is 478 g/mol. The van der Waals surface area contributed by atoms with E-state index in [1.54, 1.807) is 12.1 Å². The van der Waals surface area contributed by atoms with Crippen LogP contribution in [0.4, 0.5) is 20.7 Å². The molecule has 1 aliphatic carbocycles. The molecule has 0 aliphatic heterocycles. The standard InChI is InChI=1S/C27H32FN5O2/c1-16-8-13-21(28)19-14-24(32-25(16)19)31-22-6-5-7-23-20(22)15-29-33(23)18-11-9-17(10-12-18)30-26(34)35-27(2,3)4/h5-8,13-15,17-18,31-32H,9-12H2,1-4H3,(H,30,34). The van der Waals surface area contributed by atoms with Gasteiger partial charge in [0, 0.05) is 16.8 Å². The lowest BCUT2D eigenvalue weighted by Gasteiger charge is -2.30. The Balaban J connectivity index is 1.30. The van der Waals surface area contributed by atoms with Crippen molar-refractivity contribution in [2.24, 2.45) is 0 Å². The van der Waals surface area contributed by atoms with Crippen LogP contribution in [0.1, 0.15) is 58.1 Å². The Bertz CT molecular complexity index is 1340. The van der Waals surface area contributed by atoms with E-state index < -0.39 is 5.60 Å². The zero-order chi connectivity index (χ0) is 24.7. The fourth-order valence-electron chi connectivity index (χ4n) is 4.95. The number of aromatic amines is 1. The van der Waals surface area contributed by atoms with Gasteiger partial charge in [0.15, 0.2) is 0 Å². The van der Waals surface area contributed by atoms with Crippen molar-refractivity contribution in [1.82, 2.24) is 20.1 Å². The van der Waals surface area contributed by atoms with Crippen LogP contribution in [0.25, 0.3) is 21.8 Å². The lowest BCUT2D eigenvalue weighted by molar-refractivity contribution is 0.0487. The Labute approximate surface area is 204 Å². The Morgan fingerprint density at radius 2 is 1.91 bits per heavy atom. The molecule has 1 amide bonds. The maximum absolute atomic E-state index is 14.3. The maximum atomic E-state index is 14.3. The van der Waals surface area contributed by atoms with E-state index in [0.29, 0.717) is 5.39 Å². The van der Waals surface area contributed by atoms with Crippen molar-refractivity contribution in [3.8, 4) is 0 Å². The number of carbonyl (C=O) groups is 1. The van der Waals surface area contributed by atoms with Gasteiger partial charge >= 0.3 is 6.09 Å². The van der Waals surface area contributed by atoms with E-state index in [1.807, 2.05) is 46.0 Å². The molecule has 1 aliphatic rings. The minimum atomic E-state index is -0.499. The molecule has 1 fully saturated rings. The number of hydrogen-bond acceptors (Lipinski definition) is 4. The van der Waals surface area contributed by atoms with Gasteiger partial charge in [0.25, 0.3) is 0 Å². The number of fused-ring (bicyclic) bond motifs is 2. The number of rotatable bonds is 4. The first kappa shape index (κ1) is 23.2. The fraction of sp³-hybridized carbons (Fsp3) is 0.407. The molecule has 0 saturated heterocycles. The van der Waals surface area contributed by atoms with Gasteiger partial charge in [-0.1, -0.05) is 12.1 Å². The second-order valence-electron chi connectivity index (χ2n) is 10.4. The van der Waals surface area contributed by atoms with E-state index in [9.17, 15) is 9.18 Å². The van der Waals surface area contributed by atoms with E-state index in [2.05, 4.69) is 26.4 Å². The molecule has 4 aromatic rings. The van der Waals surface area contributed by atoms with E-state index in [0.717, 1.165) is 59.2 Å². The smallest absolute Gasteiger partial charge is 0.407 e. The monoisotopic (exact) mass is 477 g/mol. The highest BCUT2D eigenvalue weighted by atomic mass is 19.1. The summed E-state index contributed by atoms with van der Waals surface area (Å²) in [5.74, 6) is 0.500. The molecule has 35 heavy (non-hydrogen) atoms. The highest BCUT2D eigenvalue weighted by molar-refractivity contribution is 5.95. The van der Waals surface area contributed by atoms with Gasteiger partial charge in [-0.3, -0.25) is 4.68 Å². The summed E-state index contributed by atoms with van der Waals surface area (Å²) in [6.07, 6.45) is 5.14. The molecule has 0 unspecified atom stereocenters. The molecule has 2 aromatic heterocycles. The van der Waals surface area contributed by atoms with Crippen molar-refractivity contribution in [1.29, 1.82) is 0 Å². The normalized spacial score (nSPS) is 18.7. The number of ether oxygens (including phenoxy) is 1. The topological polar surface area (TPSA) is 84.0 Å². The molecule has 184 valence electrons. The van der Waals surface area contributed by atoms with Gasteiger partial charge in [0.2, 0.25) is 0 Å². The summed E-state index contributed by atoms with van der Waals surface area (Å²) >= 11 is 0. The van der Waals surface area contributed by atoms with Gasteiger partial charge in [-0.2, -0.15) is 5.10 Å². The van der Waals surface area contributed by atoms with E-state index in [4.69, 9.17) is 9.84 Å². The highest BCUT2D eigenvalue weighted by Gasteiger charge is 2.27. The summed E-state index contributed by atoms with van der Waals surface area (Å²) in [7, 11) is 0. The van der Waals surface area contributed by atoms with Crippen molar-refractivity contribution in [2.75, 3.05) is 5.32 Å². The first-order chi connectivity index (χ1) is 16.7. The molecule has 1 saturated carbocycles. The Kier molecular flexibility index (Phi) is 5.91. The molecule has 0 radical (unpaired) electrons. The van der Waals surface area contributed by atoms with Gasteiger partial charge < -0.3 is 20.4 Å². The zero-order valence-electron chi connectivity index (χ0n) is 20.6. The van der Waals surface area contributed by atoms with Crippen LogP contribution in [-0.2, 0) is 4.74 Å². The van der Waals surface area contributed by atoms with Crippen LogP contribution in [0.3, 0.4) is 0 Å². The van der Waals surface area contributed by atoms with E-state index >= 15 is 0 Å². The molecule has 2 aromatic carbocycles. The number of carbonyl (C=O) groups excluding carboxylic acids is 1. The van der Waals surface area contributed by atoms with Gasteiger partial charge in [-0.15, -0.1) is 0 Å². The number of H-pyrrole nitrogens is 1. The van der Waals surface area contributed by atoms with Crippen LogP contribution in [0, 0.1) is 12.7 Å². The second-order valence-corrected chi connectivity index (χ2v) is 10.4. The van der Waals surface area contributed by atoms with Gasteiger partial charge in [0.05, 0.1) is 29.0 Å². The van der Waals surface area contributed by atoms with Crippen LogP contribution in [0.2, 0.25) is 0 Å². The first-order valence-electron chi connectivity index (χ1n) is 12.2. The molecule has 5 rings (SSSR count). The lowest BCUT2D eigenvalue weighted by atomic mass is 9.91. The summed E-state index contributed by atoms with van der Waals surface area (Å²) in [6.45, 7) is 7.57. The number of anilines is 2. The number of aryl methyl sites for hydroxylation is 1. The number of nitrogens with zero attached hydrogens (tertiary/aromatic N) is 2. The molecule has 8 heteroatoms. The molecular formula is C27H32FN5O2. The van der Waals surface area contributed by atoms with Gasteiger partial charge in [-0.25, -0.2) is 9.18 Å². The van der Waals surface area contributed by atoms with Gasteiger partial charge in [-0.05, 0) is 83.2 Å². The van der Waals surface area contributed by atoms with Crippen LogP contribution in [0.5, 0.6) is 0 Å². The van der Waals surface area contributed by atoms with Crippen molar-refractivity contribution in [2.45, 2.75) is 71.1 Å². The summed E-state index contributed by atoms with van der Waals surface area (Å²) in [6, 6.07) is 11.6. The predicted octanol–water partition coefficient (Wildman–Crippen LogP) is 6.72. The van der Waals surface area contributed by atoms with Gasteiger partial charge in [0.1, 0.15) is 17.2 Å². The number of amides is 1. The molecule has 2 heterocycles. The summed E-state index contributed by atoms with van der Waals surface area (Å²) in [4.78, 5) is 15.4. The average Bonchev–Trinajstić information content (AvgIpc) is 3.42. The summed E-state index contributed by atoms with van der Waals surface area (Å²) in [5, 5.41) is 12.7. The van der Waals surface area contributed by atoms with Crippen molar-refractivity contribution in [3.63, 3.8) is 0 Å². The number of alkyl carbamates (subject to hydrolysis) is 1. The third-order valence-corrected chi connectivity index (χ3v) is 6.62. The van der Waals surface area contributed by atoms with Crippen LogP contribution >= 0.6 is 0 Å². The molecule has 0 bridgehead atoms. The number of hydrogen-bond donors (Lipinski definition) is 3. The second kappa shape index (κ2) is 8.91. The largest absolute Gasteiger partial charge is 0.444 e. The summed E-state index contributed by atoms with van der Waals surface area (Å²) in [5.41, 5.74) is 3.26. The Morgan fingerprint density at radius 3 is 2.63 bits per heavy atom. The minimum Gasteiger partial charge on any atom is -0.444 e. The van der Waals surface area contributed by atoms with Crippen LogP contribution in [-0.4, -0.2) is 32.5 Å². The quantitative estimate of drug-likeness (QED) is 0.305. The number of aromatic nitrogens is 3. The van der Waals surface area contributed by atoms with E-state index in [1.165, 1.54) is 6.07 Å². The zero-order valence-corrected chi connectivity index (χ0v) is 20.6. The minimum absolute atomic E-state index is 0.117. The highest BCUT2D eigenvalue weighted by Crippen LogP contribution is 2.34. The maximum Gasteiger partial charge on any atom is 0.407 e. The van der Waals surface area contributed by atoms with Crippen molar-refractivity contribution >= 4 is 39.4 Å². The Hall–Kier alpha value is -3.55. The van der Waals surface area contributed by atoms with Crippen LogP contribution in [0.15, 0.2) is 42.6 Å². The SMILES string of the molecule is Cc1ccc(F)c2cc(Nc3cccc4c3cnn4C3CCC(NC(=O)OC(C)(C)C)CC3)[nH]c12. The third kappa shape index (κ3) is 4.83. The third-order valence-electron chi connectivity index (χ3n) is 6.62. The Morgan fingerprint density at radius 1 is 1.14 bits per heavy atom. The fourth-order valence-corrected chi connectivity index (χ4v) is 4.95.